The number of carbonyl (C=O) groups is 1. The number of anilines is 1. The molecular weight excluding hydrogens is 390 g/mol. The largest absolute Gasteiger partial charge is 0.493 e. The van der Waals surface area contributed by atoms with E-state index < -0.39 is 6.10 Å². The smallest absolute Gasteiger partial charge is 0.268 e. The predicted octanol–water partition coefficient (Wildman–Crippen LogP) is 3.08. The lowest BCUT2D eigenvalue weighted by molar-refractivity contribution is -0.125. The average Bonchev–Trinajstić information content (AvgIpc) is 3.24. The fraction of sp³-hybridized carbons (Fsp3) is 0.286. The zero-order chi connectivity index (χ0) is 21.3. The van der Waals surface area contributed by atoms with Crippen molar-refractivity contribution in [1.82, 2.24) is 10.1 Å². The maximum atomic E-state index is 12.7. The van der Waals surface area contributed by atoms with Gasteiger partial charge in [-0.1, -0.05) is 17.3 Å². The summed E-state index contributed by atoms with van der Waals surface area (Å²) in [5.41, 5.74) is 1.29. The highest BCUT2D eigenvalue weighted by molar-refractivity contribution is 5.99. The summed E-state index contributed by atoms with van der Waals surface area (Å²) in [4.78, 5) is 18.7. The molecule has 0 spiro atoms. The Hall–Kier alpha value is -3.75. The minimum atomic E-state index is -0.600. The minimum absolute atomic E-state index is 0.126. The molecule has 2 aromatic carbocycles. The van der Waals surface area contributed by atoms with Gasteiger partial charge in [-0.15, -0.1) is 0 Å². The first-order valence-electron chi connectivity index (χ1n) is 9.25. The standard InChI is InChI=1S/C21H21N3O6/c1-12-21(25)24(14-7-5-6-8-15(14)29-12)11-18-22-20(23-30-18)13-9-16(26-2)19(28-4)17(10-13)27-3/h5-10,12H,11H2,1-4H3/t12-/m0/s1. The molecule has 4 rings (SSSR count). The number of fused-ring (bicyclic) bond motifs is 1. The topological polar surface area (TPSA) is 96.2 Å². The predicted molar refractivity (Wildman–Crippen MR) is 107 cm³/mol. The van der Waals surface area contributed by atoms with Gasteiger partial charge in [-0.25, -0.2) is 0 Å². The molecule has 0 radical (unpaired) electrons. The Labute approximate surface area is 173 Å². The van der Waals surface area contributed by atoms with E-state index in [1.807, 2.05) is 24.3 Å². The van der Waals surface area contributed by atoms with Crippen molar-refractivity contribution in [3.63, 3.8) is 0 Å². The van der Waals surface area contributed by atoms with E-state index in [4.69, 9.17) is 23.5 Å². The van der Waals surface area contributed by atoms with Gasteiger partial charge in [0.15, 0.2) is 17.6 Å². The van der Waals surface area contributed by atoms with Crippen LogP contribution in [0.2, 0.25) is 0 Å². The Morgan fingerprint density at radius 1 is 1.07 bits per heavy atom. The third-order valence-electron chi connectivity index (χ3n) is 4.76. The Kier molecular flexibility index (Phi) is 5.18. The van der Waals surface area contributed by atoms with E-state index in [2.05, 4.69) is 10.1 Å². The van der Waals surface area contributed by atoms with Gasteiger partial charge in [0.1, 0.15) is 12.3 Å². The number of hydrogen-bond donors (Lipinski definition) is 0. The van der Waals surface area contributed by atoms with Gasteiger partial charge in [-0.05, 0) is 31.2 Å². The van der Waals surface area contributed by atoms with Crippen LogP contribution in [0.15, 0.2) is 40.9 Å². The van der Waals surface area contributed by atoms with Crippen LogP contribution in [-0.4, -0.2) is 43.5 Å². The number of benzene rings is 2. The van der Waals surface area contributed by atoms with Gasteiger partial charge in [-0.2, -0.15) is 4.98 Å². The first-order valence-corrected chi connectivity index (χ1v) is 9.25. The van der Waals surface area contributed by atoms with E-state index in [-0.39, 0.29) is 18.3 Å². The number of ether oxygens (including phenoxy) is 4. The first kappa shape index (κ1) is 19.6. The summed E-state index contributed by atoms with van der Waals surface area (Å²) in [5.74, 6) is 2.50. The monoisotopic (exact) mass is 411 g/mol. The van der Waals surface area contributed by atoms with Crippen molar-refractivity contribution in [3.8, 4) is 34.4 Å². The molecule has 1 aromatic heterocycles. The lowest BCUT2D eigenvalue weighted by Gasteiger charge is -2.31. The molecule has 2 heterocycles. The number of para-hydroxylation sites is 2. The molecule has 0 saturated heterocycles. The van der Waals surface area contributed by atoms with Gasteiger partial charge in [0.2, 0.25) is 17.5 Å². The lowest BCUT2D eigenvalue weighted by Crippen LogP contribution is -2.44. The number of hydrogen-bond acceptors (Lipinski definition) is 8. The van der Waals surface area contributed by atoms with E-state index in [1.165, 1.54) is 21.3 Å². The summed E-state index contributed by atoms with van der Waals surface area (Å²) in [6, 6.07) is 10.8. The molecule has 1 amide bonds. The molecule has 1 atom stereocenters. The number of nitrogens with zero attached hydrogens (tertiary/aromatic N) is 3. The second-order valence-electron chi connectivity index (χ2n) is 6.58. The highest BCUT2D eigenvalue weighted by Gasteiger charge is 2.32. The van der Waals surface area contributed by atoms with Gasteiger partial charge >= 0.3 is 0 Å². The van der Waals surface area contributed by atoms with Crippen molar-refractivity contribution in [3.05, 3.63) is 42.3 Å². The zero-order valence-corrected chi connectivity index (χ0v) is 17.0. The summed E-state index contributed by atoms with van der Waals surface area (Å²) >= 11 is 0. The van der Waals surface area contributed by atoms with Crippen molar-refractivity contribution >= 4 is 11.6 Å². The normalized spacial score (nSPS) is 15.4. The van der Waals surface area contributed by atoms with Crippen LogP contribution in [0, 0.1) is 0 Å². The molecule has 0 fully saturated rings. The lowest BCUT2D eigenvalue weighted by atomic mass is 10.1. The van der Waals surface area contributed by atoms with Crippen molar-refractivity contribution < 1.29 is 28.3 Å². The van der Waals surface area contributed by atoms with Gasteiger partial charge in [-0.3, -0.25) is 9.69 Å². The van der Waals surface area contributed by atoms with Crippen LogP contribution in [0.3, 0.4) is 0 Å². The van der Waals surface area contributed by atoms with Crippen LogP contribution in [0.5, 0.6) is 23.0 Å². The summed E-state index contributed by atoms with van der Waals surface area (Å²) < 4.78 is 27.2. The van der Waals surface area contributed by atoms with Gasteiger partial charge < -0.3 is 23.5 Å². The molecule has 156 valence electrons. The fourth-order valence-corrected chi connectivity index (χ4v) is 3.30. The number of rotatable bonds is 6. The van der Waals surface area contributed by atoms with Crippen molar-refractivity contribution in [1.29, 1.82) is 0 Å². The third-order valence-corrected chi connectivity index (χ3v) is 4.76. The maximum Gasteiger partial charge on any atom is 0.268 e. The quantitative estimate of drug-likeness (QED) is 0.611. The first-order chi connectivity index (χ1) is 14.5. The Bertz CT molecular complexity index is 1060. The summed E-state index contributed by atoms with van der Waals surface area (Å²) in [5, 5.41) is 4.05. The van der Waals surface area contributed by atoms with Gasteiger partial charge in [0.25, 0.3) is 5.91 Å². The molecule has 30 heavy (non-hydrogen) atoms. The molecule has 0 aliphatic carbocycles. The van der Waals surface area contributed by atoms with Gasteiger partial charge in [0.05, 0.1) is 27.0 Å². The van der Waals surface area contributed by atoms with Gasteiger partial charge in [0, 0.05) is 5.56 Å². The van der Waals surface area contributed by atoms with Crippen LogP contribution in [0.25, 0.3) is 11.4 Å². The number of amides is 1. The van der Waals surface area contributed by atoms with Crippen molar-refractivity contribution in [2.75, 3.05) is 26.2 Å². The van der Waals surface area contributed by atoms with Crippen LogP contribution < -0.4 is 23.8 Å². The Balaban J connectivity index is 1.65. The molecular formula is C21H21N3O6. The van der Waals surface area contributed by atoms with Crippen molar-refractivity contribution in [2.24, 2.45) is 0 Å². The van der Waals surface area contributed by atoms with Crippen molar-refractivity contribution in [2.45, 2.75) is 19.6 Å². The van der Waals surface area contributed by atoms with E-state index in [9.17, 15) is 4.79 Å². The molecule has 0 bridgehead atoms. The number of methoxy groups -OCH3 is 3. The Morgan fingerprint density at radius 2 is 1.77 bits per heavy atom. The minimum Gasteiger partial charge on any atom is -0.493 e. The molecule has 9 heteroatoms. The zero-order valence-electron chi connectivity index (χ0n) is 17.0. The Morgan fingerprint density at radius 3 is 2.43 bits per heavy atom. The summed E-state index contributed by atoms with van der Waals surface area (Å²) in [6.07, 6.45) is -0.600. The fourth-order valence-electron chi connectivity index (χ4n) is 3.30. The molecule has 9 nitrogen and oxygen atoms in total. The van der Waals surface area contributed by atoms with E-state index in [1.54, 1.807) is 24.0 Å². The SMILES string of the molecule is COc1cc(-c2noc(CN3C(=O)[C@H](C)Oc4ccccc43)n2)cc(OC)c1OC. The van der Waals surface area contributed by atoms with E-state index >= 15 is 0 Å². The number of aromatic nitrogens is 2. The average molecular weight is 411 g/mol. The van der Waals surface area contributed by atoms with Crippen LogP contribution >= 0.6 is 0 Å². The highest BCUT2D eigenvalue weighted by Crippen LogP contribution is 2.41. The third kappa shape index (κ3) is 3.38. The van der Waals surface area contributed by atoms with Crippen LogP contribution in [0.1, 0.15) is 12.8 Å². The molecule has 1 aliphatic heterocycles. The van der Waals surface area contributed by atoms with Crippen LogP contribution in [0.4, 0.5) is 5.69 Å². The molecule has 1 aliphatic rings. The second-order valence-corrected chi connectivity index (χ2v) is 6.58. The summed E-state index contributed by atoms with van der Waals surface area (Å²) in [6.45, 7) is 1.83. The number of carbonyl (C=O) groups excluding carboxylic acids is 1. The molecule has 0 saturated carbocycles. The molecule has 0 N–H and O–H groups in total. The van der Waals surface area contributed by atoms with E-state index in [0.29, 0.717) is 40.1 Å². The molecule has 3 aromatic rings. The van der Waals surface area contributed by atoms with Crippen LogP contribution in [-0.2, 0) is 11.3 Å². The maximum absolute atomic E-state index is 12.7. The van der Waals surface area contributed by atoms with E-state index in [0.717, 1.165) is 0 Å². The summed E-state index contributed by atoms with van der Waals surface area (Å²) in [7, 11) is 4.60. The highest BCUT2D eigenvalue weighted by atomic mass is 16.5. The second kappa shape index (κ2) is 7.94. The molecule has 0 unspecified atom stereocenters.